The Hall–Kier alpha value is -0.830. The van der Waals surface area contributed by atoms with E-state index >= 15 is 0 Å². The second-order valence-electron chi connectivity index (χ2n) is 7.18. The van der Waals surface area contributed by atoms with E-state index in [4.69, 9.17) is 9.47 Å². The third kappa shape index (κ3) is 9.13. The van der Waals surface area contributed by atoms with Gasteiger partial charge >= 0.3 is 5.97 Å². The predicted octanol–water partition coefficient (Wildman–Crippen LogP) is 4.51. The highest BCUT2D eigenvalue weighted by Gasteiger charge is 2.25. The summed E-state index contributed by atoms with van der Waals surface area (Å²) in [5, 5.41) is 0. The summed E-state index contributed by atoms with van der Waals surface area (Å²) in [6, 6.07) is 0. The second kappa shape index (κ2) is 7.82. The molecule has 0 bridgehead atoms. The van der Waals surface area contributed by atoms with E-state index in [9.17, 15) is 4.79 Å². The van der Waals surface area contributed by atoms with Crippen molar-refractivity contribution < 1.29 is 14.3 Å². The molecule has 0 amide bonds. The topological polar surface area (TPSA) is 35.5 Å². The molecule has 0 aliphatic heterocycles. The Kier molecular flexibility index (Phi) is 7.50. The lowest BCUT2D eigenvalue weighted by atomic mass is 9.99. The van der Waals surface area contributed by atoms with Crippen LogP contribution in [0.3, 0.4) is 0 Å². The number of esters is 1. The Labute approximate surface area is 124 Å². The summed E-state index contributed by atoms with van der Waals surface area (Å²) in [7, 11) is 0. The fourth-order valence-electron chi connectivity index (χ4n) is 1.63. The Bertz CT molecular complexity index is 324. The Morgan fingerprint density at radius 1 is 1.20 bits per heavy atom. The molecule has 0 aromatic heterocycles. The average Bonchev–Trinajstić information content (AvgIpc) is 2.25. The van der Waals surface area contributed by atoms with E-state index < -0.39 is 5.60 Å². The van der Waals surface area contributed by atoms with Crippen molar-refractivity contribution in [2.75, 3.05) is 6.61 Å². The first-order valence-electron chi connectivity index (χ1n) is 7.52. The first-order chi connectivity index (χ1) is 8.97. The van der Waals surface area contributed by atoms with Gasteiger partial charge in [0.2, 0.25) is 0 Å². The lowest BCUT2D eigenvalue weighted by Gasteiger charge is -2.28. The molecule has 0 heterocycles. The van der Waals surface area contributed by atoms with Crippen molar-refractivity contribution in [3.8, 4) is 0 Å². The monoisotopic (exact) mass is 284 g/mol. The van der Waals surface area contributed by atoms with Gasteiger partial charge in [0.05, 0.1) is 12.2 Å². The highest BCUT2D eigenvalue weighted by atomic mass is 16.6. The number of carbonyl (C=O) groups is 1. The zero-order valence-electron chi connectivity index (χ0n) is 14.3. The maximum absolute atomic E-state index is 12.0. The van der Waals surface area contributed by atoms with Gasteiger partial charge in [-0.15, -0.1) is 0 Å². The van der Waals surface area contributed by atoms with Crippen molar-refractivity contribution in [2.24, 2.45) is 5.92 Å². The van der Waals surface area contributed by atoms with Crippen molar-refractivity contribution >= 4 is 5.97 Å². The van der Waals surface area contributed by atoms with E-state index in [0.717, 1.165) is 6.42 Å². The molecule has 1 unspecified atom stereocenters. The van der Waals surface area contributed by atoms with Crippen molar-refractivity contribution in [3.05, 3.63) is 12.2 Å². The number of carbonyl (C=O) groups excluding carboxylic acids is 1. The number of ether oxygens (including phenoxy) is 2. The van der Waals surface area contributed by atoms with Gasteiger partial charge in [-0.2, -0.15) is 0 Å². The average molecular weight is 284 g/mol. The molecule has 0 saturated heterocycles. The van der Waals surface area contributed by atoms with Crippen molar-refractivity contribution in [2.45, 2.75) is 78.9 Å². The van der Waals surface area contributed by atoms with Crippen LogP contribution in [-0.4, -0.2) is 23.8 Å². The third-order valence-corrected chi connectivity index (χ3v) is 3.19. The zero-order valence-corrected chi connectivity index (χ0v) is 14.3. The normalized spacial score (nSPS) is 13.9. The molecular formula is C17H32O3. The van der Waals surface area contributed by atoms with Crippen molar-refractivity contribution in [3.63, 3.8) is 0 Å². The summed E-state index contributed by atoms with van der Waals surface area (Å²) < 4.78 is 11.2. The van der Waals surface area contributed by atoms with E-state index in [2.05, 4.69) is 20.4 Å². The van der Waals surface area contributed by atoms with Gasteiger partial charge < -0.3 is 9.47 Å². The van der Waals surface area contributed by atoms with E-state index in [0.29, 0.717) is 30.9 Å². The van der Waals surface area contributed by atoms with E-state index in [1.54, 1.807) is 0 Å². The number of rotatable bonds is 8. The lowest BCUT2D eigenvalue weighted by Crippen LogP contribution is -2.32. The first kappa shape index (κ1) is 19.2. The molecule has 0 aliphatic carbocycles. The minimum absolute atomic E-state index is 0.166. The van der Waals surface area contributed by atoms with Gasteiger partial charge in [0.1, 0.15) is 5.60 Å². The molecule has 1 atom stereocenters. The molecule has 0 spiro atoms. The molecule has 0 rings (SSSR count). The van der Waals surface area contributed by atoms with Crippen molar-refractivity contribution in [1.29, 1.82) is 0 Å². The Morgan fingerprint density at radius 3 is 2.20 bits per heavy atom. The smallest absolute Gasteiger partial charge is 0.333 e. The van der Waals surface area contributed by atoms with E-state index in [1.807, 2.05) is 34.6 Å². The second-order valence-corrected chi connectivity index (χ2v) is 7.18. The molecule has 0 N–H and O–H groups in total. The fourth-order valence-corrected chi connectivity index (χ4v) is 1.63. The highest BCUT2D eigenvalue weighted by molar-refractivity contribution is 5.88. The number of hydrogen-bond acceptors (Lipinski definition) is 3. The van der Waals surface area contributed by atoms with Crippen LogP contribution in [0.1, 0.15) is 67.7 Å². The summed E-state index contributed by atoms with van der Waals surface area (Å²) in [4.78, 5) is 12.0. The SMILES string of the molecule is C=C(CC(C)CC)C(=O)OC(C)(C)CCOC(C)(C)C. The lowest BCUT2D eigenvalue weighted by molar-refractivity contribution is -0.154. The maximum atomic E-state index is 12.0. The van der Waals surface area contributed by atoms with Crippen LogP contribution in [0.5, 0.6) is 0 Å². The van der Waals surface area contributed by atoms with Crippen LogP contribution >= 0.6 is 0 Å². The Balaban J connectivity index is 4.24. The van der Waals surface area contributed by atoms with Crippen LogP contribution in [0.2, 0.25) is 0 Å². The van der Waals surface area contributed by atoms with Crippen LogP contribution in [0, 0.1) is 5.92 Å². The molecule has 0 saturated carbocycles. The van der Waals surface area contributed by atoms with Gasteiger partial charge in [0.15, 0.2) is 0 Å². The summed E-state index contributed by atoms with van der Waals surface area (Å²) in [5.41, 5.74) is -0.134. The first-order valence-corrected chi connectivity index (χ1v) is 7.52. The van der Waals surface area contributed by atoms with Crippen LogP contribution in [0.25, 0.3) is 0 Å². The van der Waals surface area contributed by atoms with E-state index in [1.165, 1.54) is 0 Å². The summed E-state index contributed by atoms with van der Waals surface area (Å²) in [6.45, 7) is 18.5. The predicted molar refractivity (Wildman–Crippen MR) is 83.7 cm³/mol. The largest absolute Gasteiger partial charge is 0.456 e. The van der Waals surface area contributed by atoms with Crippen LogP contribution < -0.4 is 0 Å². The minimum atomic E-state index is -0.527. The summed E-state index contributed by atoms with van der Waals surface area (Å²) in [6.07, 6.45) is 2.41. The third-order valence-electron chi connectivity index (χ3n) is 3.19. The van der Waals surface area contributed by atoms with E-state index in [-0.39, 0.29) is 11.6 Å². The van der Waals surface area contributed by atoms with Gasteiger partial charge in [-0.25, -0.2) is 4.79 Å². The molecule has 0 radical (unpaired) electrons. The summed E-state index contributed by atoms with van der Waals surface area (Å²) in [5.74, 6) is 0.174. The minimum Gasteiger partial charge on any atom is -0.456 e. The standard InChI is InChI=1S/C17H32O3/c1-9-13(2)12-14(3)15(18)20-17(7,8)10-11-19-16(4,5)6/h13H,3,9-12H2,1-2,4-8H3. The van der Waals surface area contributed by atoms with Gasteiger partial charge in [-0.05, 0) is 47.0 Å². The van der Waals surface area contributed by atoms with Gasteiger partial charge in [-0.3, -0.25) is 0 Å². The molecule has 0 fully saturated rings. The van der Waals surface area contributed by atoms with Crippen LogP contribution in [0.4, 0.5) is 0 Å². The molecule has 3 nitrogen and oxygen atoms in total. The number of hydrogen-bond donors (Lipinski definition) is 0. The molecule has 20 heavy (non-hydrogen) atoms. The molecule has 0 aromatic carbocycles. The van der Waals surface area contributed by atoms with Gasteiger partial charge in [0.25, 0.3) is 0 Å². The summed E-state index contributed by atoms with van der Waals surface area (Å²) >= 11 is 0. The van der Waals surface area contributed by atoms with Crippen LogP contribution in [0.15, 0.2) is 12.2 Å². The molecule has 0 aromatic rings. The quantitative estimate of drug-likeness (QED) is 0.486. The van der Waals surface area contributed by atoms with Gasteiger partial charge in [-0.1, -0.05) is 26.8 Å². The van der Waals surface area contributed by atoms with Crippen LogP contribution in [-0.2, 0) is 14.3 Å². The maximum Gasteiger partial charge on any atom is 0.333 e. The fraction of sp³-hybridized carbons (Fsp3) is 0.824. The van der Waals surface area contributed by atoms with Crippen molar-refractivity contribution in [1.82, 2.24) is 0 Å². The Morgan fingerprint density at radius 2 is 1.75 bits per heavy atom. The molecule has 118 valence electrons. The van der Waals surface area contributed by atoms with Gasteiger partial charge in [0, 0.05) is 12.0 Å². The highest BCUT2D eigenvalue weighted by Crippen LogP contribution is 2.21. The molecule has 0 aliphatic rings. The zero-order chi connectivity index (χ0) is 16.0. The molecule has 3 heteroatoms. The molecular weight excluding hydrogens is 252 g/mol.